The minimum Gasteiger partial charge on any atom is -0.355 e. The fourth-order valence-electron chi connectivity index (χ4n) is 2.94. The van der Waals surface area contributed by atoms with Gasteiger partial charge in [0.05, 0.1) is 22.8 Å². The van der Waals surface area contributed by atoms with Crippen LogP contribution in [-0.4, -0.2) is 19.9 Å². The van der Waals surface area contributed by atoms with Gasteiger partial charge in [0.25, 0.3) is 0 Å². The summed E-state index contributed by atoms with van der Waals surface area (Å²) in [6.07, 6.45) is 8.09. The van der Waals surface area contributed by atoms with E-state index in [1.165, 1.54) is 0 Å². The van der Waals surface area contributed by atoms with E-state index in [9.17, 15) is 0 Å². The van der Waals surface area contributed by atoms with E-state index < -0.39 is 0 Å². The van der Waals surface area contributed by atoms with Crippen molar-refractivity contribution in [2.24, 2.45) is 0 Å². The molecule has 4 radical (unpaired) electrons. The molecule has 4 nitrogen and oxygen atoms in total. The summed E-state index contributed by atoms with van der Waals surface area (Å²) >= 11 is 0. The quantitative estimate of drug-likeness (QED) is 0.383. The van der Waals surface area contributed by atoms with E-state index in [1.807, 2.05) is 48.6 Å². The number of rotatable bonds is 0. The molecular formula is C21H14FeN4. The second kappa shape index (κ2) is 7.16. The van der Waals surface area contributed by atoms with E-state index in [1.54, 1.807) is 0 Å². The molecule has 0 aliphatic carbocycles. The van der Waals surface area contributed by atoms with Gasteiger partial charge in [-0.1, -0.05) is 0 Å². The molecule has 8 bridgehead atoms. The maximum absolute atomic E-state index is 4.63. The van der Waals surface area contributed by atoms with Crippen LogP contribution in [0.15, 0.2) is 48.5 Å². The zero-order valence-electron chi connectivity index (χ0n) is 13.7. The van der Waals surface area contributed by atoms with Gasteiger partial charge in [0, 0.05) is 46.6 Å². The SMILES string of the molecule is C1=Cc2cc3ccc(cc4nc(cc5ccc(cc1n2)[nH]5)C=C4)[nH]3.[C].[Fe]. The number of hydrogen-bond acceptors (Lipinski definition) is 2. The van der Waals surface area contributed by atoms with Crippen molar-refractivity contribution >= 4 is 46.4 Å². The maximum Gasteiger partial charge on any atom is 0.0658 e. The minimum atomic E-state index is 0. The van der Waals surface area contributed by atoms with Crippen LogP contribution in [0.5, 0.6) is 0 Å². The van der Waals surface area contributed by atoms with Gasteiger partial charge in [0.15, 0.2) is 0 Å². The van der Waals surface area contributed by atoms with Crippen molar-refractivity contribution < 1.29 is 17.1 Å². The van der Waals surface area contributed by atoms with Crippen molar-refractivity contribution in [3.8, 4) is 0 Å². The largest absolute Gasteiger partial charge is 0.355 e. The smallest absolute Gasteiger partial charge is 0.0658 e. The third-order valence-corrected chi connectivity index (χ3v) is 4.04. The van der Waals surface area contributed by atoms with E-state index >= 15 is 0 Å². The number of H-pyrrole nitrogens is 2. The number of fused-ring (bicyclic) bond motifs is 8. The van der Waals surface area contributed by atoms with Gasteiger partial charge in [-0.3, -0.25) is 0 Å². The van der Waals surface area contributed by atoms with Crippen LogP contribution in [-0.2, 0) is 17.1 Å². The standard InChI is InChI=1S/C20H14N4.C.Fe/c1-2-14-10-16-5-6-18(23-16)12-20-8-7-19(24-20)11-17-4-3-15(22-17)9-13(1)21-14;;/h1-12,21,24H;;. The monoisotopic (exact) mass is 378 g/mol. The van der Waals surface area contributed by atoms with Crippen molar-refractivity contribution in [1.29, 1.82) is 0 Å². The topological polar surface area (TPSA) is 57.4 Å². The maximum atomic E-state index is 4.63. The molecule has 0 aromatic carbocycles. The van der Waals surface area contributed by atoms with E-state index in [0.29, 0.717) is 0 Å². The number of aromatic nitrogens is 4. The first-order valence-corrected chi connectivity index (χ1v) is 7.85. The molecule has 5 heterocycles. The van der Waals surface area contributed by atoms with Crippen LogP contribution in [0.25, 0.3) is 46.4 Å². The molecule has 5 rings (SSSR count). The minimum absolute atomic E-state index is 0. The summed E-state index contributed by atoms with van der Waals surface area (Å²) in [5, 5.41) is 0. The molecule has 0 spiro atoms. The third kappa shape index (κ3) is 3.54. The summed E-state index contributed by atoms with van der Waals surface area (Å²) in [6.45, 7) is 0. The van der Waals surface area contributed by atoms with Crippen molar-refractivity contribution in [2.45, 2.75) is 0 Å². The summed E-state index contributed by atoms with van der Waals surface area (Å²) < 4.78 is 0. The summed E-state index contributed by atoms with van der Waals surface area (Å²) in [4.78, 5) is 16.0. The van der Waals surface area contributed by atoms with Crippen molar-refractivity contribution in [2.75, 3.05) is 0 Å². The van der Waals surface area contributed by atoms with Crippen molar-refractivity contribution in [1.82, 2.24) is 19.9 Å². The van der Waals surface area contributed by atoms with E-state index in [4.69, 9.17) is 0 Å². The molecule has 0 saturated heterocycles. The van der Waals surface area contributed by atoms with E-state index in [2.05, 4.69) is 44.2 Å². The fourth-order valence-corrected chi connectivity index (χ4v) is 2.94. The molecule has 3 aromatic rings. The Morgan fingerprint density at radius 1 is 0.500 bits per heavy atom. The average molecular weight is 378 g/mol. The number of nitrogens with zero attached hydrogens (tertiary/aromatic N) is 2. The number of hydrogen-bond donors (Lipinski definition) is 2. The average Bonchev–Trinajstić information content (AvgIpc) is 3.32. The van der Waals surface area contributed by atoms with Gasteiger partial charge >= 0.3 is 0 Å². The van der Waals surface area contributed by atoms with Crippen LogP contribution in [0.3, 0.4) is 0 Å². The molecule has 2 aliphatic heterocycles. The summed E-state index contributed by atoms with van der Waals surface area (Å²) in [5.41, 5.74) is 7.86. The first kappa shape index (κ1) is 17.9. The number of aromatic amines is 2. The molecule has 3 aromatic heterocycles. The van der Waals surface area contributed by atoms with Gasteiger partial charge in [0.1, 0.15) is 0 Å². The van der Waals surface area contributed by atoms with Gasteiger partial charge in [-0.05, 0) is 72.8 Å². The normalized spacial score (nSPS) is 11.7. The fraction of sp³-hybridized carbons (Fsp3) is 0. The predicted octanol–water partition coefficient (Wildman–Crippen LogP) is 4.73. The zero-order valence-corrected chi connectivity index (χ0v) is 14.8. The van der Waals surface area contributed by atoms with Crippen molar-refractivity contribution in [3.05, 3.63) is 78.7 Å². The first-order valence-electron chi connectivity index (χ1n) is 7.85. The Balaban J connectivity index is 0.000000980. The van der Waals surface area contributed by atoms with Gasteiger partial charge in [-0.25, -0.2) is 9.97 Å². The summed E-state index contributed by atoms with van der Waals surface area (Å²) in [7, 11) is 0. The van der Waals surface area contributed by atoms with Crippen LogP contribution >= 0.6 is 0 Å². The Kier molecular flexibility index (Phi) is 4.94. The molecule has 0 saturated carbocycles. The van der Waals surface area contributed by atoms with Crippen LogP contribution < -0.4 is 0 Å². The molecule has 0 amide bonds. The Labute approximate surface area is 162 Å². The molecule has 126 valence electrons. The summed E-state index contributed by atoms with van der Waals surface area (Å²) in [6, 6.07) is 16.4. The van der Waals surface area contributed by atoms with Gasteiger partial charge in [0.2, 0.25) is 0 Å². The van der Waals surface area contributed by atoms with Crippen LogP contribution in [0.4, 0.5) is 0 Å². The van der Waals surface area contributed by atoms with E-state index in [-0.39, 0.29) is 24.5 Å². The molecular weight excluding hydrogens is 364 g/mol. The Morgan fingerprint density at radius 2 is 0.769 bits per heavy atom. The molecule has 5 heteroatoms. The molecule has 0 unspecified atom stereocenters. The second-order valence-electron chi connectivity index (χ2n) is 5.91. The van der Waals surface area contributed by atoms with Crippen molar-refractivity contribution in [3.63, 3.8) is 0 Å². The van der Waals surface area contributed by atoms with E-state index in [0.717, 1.165) is 44.8 Å². The first-order chi connectivity index (χ1) is 11.8. The van der Waals surface area contributed by atoms with Gasteiger partial charge < -0.3 is 9.97 Å². The molecule has 0 atom stereocenters. The second-order valence-corrected chi connectivity index (χ2v) is 5.91. The summed E-state index contributed by atoms with van der Waals surface area (Å²) in [5.74, 6) is 0. The zero-order chi connectivity index (χ0) is 15.9. The number of nitrogens with one attached hydrogen (secondary N) is 2. The molecule has 0 fully saturated rings. The van der Waals surface area contributed by atoms with Gasteiger partial charge in [-0.15, -0.1) is 0 Å². The van der Waals surface area contributed by atoms with Crippen LogP contribution in [0.1, 0.15) is 22.8 Å². The Morgan fingerprint density at radius 3 is 1.04 bits per heavy atom. The molecule has 26 heavy (non-hydrogen) atoms. The predicted molar refractivity (Wildman–Crippen MR) is 102 cm³/mol. The Hall–Kier alpha value is -2.88. The third-order valence-electron chi connectivity index (χ3n) is 4.04. The van der Waals surface area contributed by atoms with Crippen LogP contribution in [0, 0.1) is 7.43 Å². The molecule has 2 N–H and O–H groups in total. The van der Waals surface area contributed by atoms with Gasteiger partial charge in [-0.2, -0.15) is 0 Å². The Bertz CT molecular complexity index is 990. The van der Waals surface area contributed by atoms with Crippen LogP contribution in [0.2, 0.25) is 0 Å². The molecule has 2 aliphatic rings.